The quantitative estimate of drug-likeness (QED) is 0.251. The first kappa shape index (κ1) is 18.6. The van der Waals surface area contributed by atoms with Gasteiger partial charge in [0, 0.05) is 43.0 Å². The van der Waals surface area contributed by atoms with Crippen LogP contribution in [0.1, 0.15) is 5.56 Å². The standard InChI is InChI=1S/C17H17N3O4S2/c1-2-5-19-16(21)15(26-17(19)25)11-12-10-13(20(22)23)3-4-14(12)18-6-8-24-9-7-18/h2-4,10-11H,1,5-9H2/b15-11+. The number of anilines is 1. The van der Waals surface area contributed by atoms with E-state index in [1.54, 1.807) is 18.2 Å². The maximum atomic E-state index is 12.6. The molecule has 2 saturated heterocycles. The van der Waals surface area contributed by atoms with Crippen LogP contribution in [0.25, 0.3) is 6.08 Å². The molecule has 1 amide bonds. The highest BCUT2D eigenvalue weighted by Crippen LogP contribution is 2.35. The molecule has 2 fully saturated rings. The monoisotopic (exact) mass is 391 g/mol. The van der Waals surface area contributed by atoms with Crippen LogP contribution in [0.15, 0.2) is 35.8 Å². The smallest absolute Gasteiger partial charge is 0.270 e. The van der Waals surface area contributed by atoms with Crippen LogP contribution in [0.4, 0.5) is 11.4 Å². The Bertz CT molecular complexity index is 803. The van der Waals surface area contributed by atoms with Crippen LogP contribution in [-0.4, -0.2) is 52.9 Å². The van der Waals surface area contributed by atoms with Gasteiger partial charge in [0.2, 0.25) is 0 Å². The average Bonchev–Trinajstić information content (AvgIpc) is 2.90. The van der Waals surface area contributed by atoms with Crippen LogP contribution in [0, 0.1) is 10.1 Å². The zero-order valence-electron chi connectivity index (χ0n) is 13.9. The number of carbonyl (C=O) groups is 1. The minimum atomic E-state index is -0.441. The number of morpholine rings is 1. The molecule has 2 heterocycles. The molecule has 0 aliphatic carbocycles. The van der Waals surface area contributed by atoms with Crippen molar-refractivity contribution in [2.24, 2.45) is 0 Å². The molecule has 0 radical (unpaired) electrons. The summed E-state index contributed by atoms with van der Waals surface area (Å²) in [5.74, 6) is -0.209. The van der Waals surface area contributed by atoms with E-state index in [4.69, 9.17) is 17.0 Å². The Morgan fingerprint density at radius 1 is 1.38 bits per heavy atom. The van der Waals surface area contributed by atoms with Crippen LogP contribution in [0.5, 0.6) is 0 Å². The zero-order chi connectivity index (χ0) is 18.7. The molecule has 3 rings (SSSR count). The van der Waals surface area contributed by atoms with Gasteiger partial charge in [-0.25, -0.2) is 0 Å². The topological polar surface area (TPSA) is 75.9 Å². The van der Waals surface area contributed by atoms with Gasteiger partial charge in [-0.2, -0.15) is 0 Å². The fraction of sp³-hybridized carbons (Fsp3) is 0.294. The van der Waals surface area contributed by atoms with Gasteiger partial charge in [-0.3, -0.25) is 19.8 Å². The van der Waals surface area contributed by atoms with E-state index < -0.39 is 4.92 Å². The first-order valence-electron chi connectivity index (χ1n) is 7.98. The second-order valence-electron chi connectivity index (χ2n) is 5.68. The predicted molar refractivity (Wildman–Crippen MR) is 106 cm³/mol. The lowest BCUT2D eigenvalue weighted by Gasteiger charge is -2.30. The van der Waals surface area contributed by atoms with Crippen molar-refractivity contribution in [1.29, 1.82) is 0 Å². The molecule has 26 heavy (non-hydrogen) atoms. The minimum absolute atomic E-state index is 0.0187. The summed E-state index contributed by atoms with van der Waals surface area (Å²) in [6.07, 6.45) is 3.29. The molecule has 0 N–H and O–H groups in total. The van der Waals surface area contributed by atoms with Crippen molar-refractivity contribution in [2.75, 3.05) is 37.7 Å². The van der Waals surface area contributed by atoms with Crippen LogP contribution < -0.4 is 4.90 Å². The Hall–Kier alpha value is -2.23. The predicted octanol–water partition coefficient (Wildman–Crippen LogP) is 2.82. The van der Waals surface area contributed by atoms with Gasteiger partial charge in [0.1, 0.15) is 4.32 Å². The number of thioether (sulfide) groups is 1. The van der Waals surface area contributed by atoms with Crippen molar-refractivity contribution < 1.29 is 14.5 Å². The number of ether oxygens (including phenoxy) is 1. The summed E-state index contributed by atoms with van der Waals surface area (Å²) in [7, 11) is 0. The fourth-order valence-electron chi connectivity index (χ4n) is 2.79. The lowest BCUT2D eigenvalue weighted by Crippen LogP contribution is -2.36. The van der Waals surface area contributed by atoms with Crippen molar-refractivity contribution in [3.63, 3.8) is 0 Å². The number of rotatable bonds is 5. The summed E-state index contributed by atoms with van der Waals surface area (Å²) in [6.45, 7) is 6.54. The van der Waals surface area contributed by atoms with E-state index in [0.29, 0.717) is 47.6 Å². The molecular weight excluding hydrogens is 374 g/mol. The largest absolute Gasteiger partial charge is 0.378 e. The highest BCUT2D eigenvalue weighted by atomic mass is 32.2. The van der Waals surface area contributed by atoms with E-state index in [-0.39, 0.29) is 11.6 Å². The molecule has 0 bridgehead atoms. The molecule has 0 atom stereocenters. The molecule has 1 aromatic carbocycles. The summed E-state index contributed by atoms with van der Waals surface area (Å²) in [5.41, 5.74) is 1.45. The second-order valence-corrected chi connectivity index (χ2v) is 7.36. The molecule has 0 spiro atoms. The molecule has 0 aromatic heterocycles. The third kappa shape index (κ3) is 3.79. The van der Waals surface area contributed by atoms with E-state index in [1.807, 2.05) is 0 Å². The minimum Gasteiger partial charge on any atom is -0.378 e. The van der Waals surface area contributed by atoms with Crippen LogP contribution in [-0.2, 0) is 9.53 Å². The summed E-state index contributed by atoms with van der Waals surface area (Å²) in [6, 6.07) is 4.69. The Morgan fingerprint density at radius 2 is 2.12 bits per heavy atom. The van der Waals surface area contributed by atoms with Crippen LogP contribution in [0.2, 0.25) is 0 Å². The SMILES string of the molecule is C=CCN1C(=O)/C(=C\c2cc([N+](=O)[O-])ccc2N2CCOCC2)SC1=S. The molecule has 7 nitrogen and oxygen atoms in total. The molecule has 2 aliphatic heterocycles. The van der Waals surface area contributed by atoms with Gasteiger partial charge in [0.05, 0.1) is 23.0 Å². The molecule has 0 saturated carbocycles. The van der Waals surface area contributed by atoms with Crippen molar-refractivity contribution in [2.45, 2.75) is 0 Å². The number of nitrogens with zero attached hydrogens (tertiary/aromatic N) is 3. The number of hydrogen-bond acceptors (Lipinski definition) is 7. The number of nitro groups is 1. The molecule has 0 unspecified atom stereocenters. The average molecular weight is 391 g/mol. The van der Waals surface area contributed by atoms with Gasteiger partial charge >= 0.3 is 0 Å². The number of benzene rings is 1. The summed E-state index contributed by atoms with van der Waals surface area (Å²) < 4.78 is 5.83. The summed E-state index contributed by atoms with van der Waals surface area (Å²) in [4.78, 5) is 27.3. The number of nitro benzene ring substituents is 1. The first-order chi connectivity index (χ1) is 12.5. The van der Waals surface area contributed by atoms with Crippen molar-refractivity contribution in [3.8, 4) is 0 Å². The van der Waals surface area contributed by atoms with Gasteiger partial charge in [-0.05, 0) is 12.1 Å². The normalized spacial score (nSPS) is 19.3. The molecule has 136 valence electrons. The molecule has 1 aromatic rings. The lowest BCUT2D eigenvalue weighted by atomic mass is 10.1. The number of hydrogen-bond donors (Lipinski definition) is 0. The molecule has 9 heteroatoms. The van der Waals surface area contributed by atoms with E-state index >= 15 is 0 Å². The fourth-order valence-corrected chi connectivity index (χ4v) is 4.06. The van der Waals surface area contributed by atoms with Crippen molar-refractivity contribution in [3.05, 3.63) is 51.4 Å². The van der Waals surface area contributed by atoms with Gasteiger partial charge in [-0.15, -0.1) is 6.58 Å². The third-order valence-electron chi connectivity index (χ3n) is 4.05. The van der Waals surface area contributed by atoms with Crippen LogP contribution in [0.3, 0.4) is 0 Å². The Balaban J connectivity index is 2.00. The van der Waals surface area contributed by atoms with Crippen LogP contribution >= 0.6 is 24.0 Å². The van der Waals surface area contributed by atoms with Gasteiger partial charge < -0.3 is 9.64 Å². The van der Waals surface area contributed by atoms with Crippen molar-refractivity contribution in [1.82, 2.24) is 4.90 Å². The Kier molecular flexibility index (Phi) is 5.70. The third-order valence-corrected chi connectivity index (χ3v) is 5.42. The molecular formula is C17H17N3O4S2. The van der Waals surface area contributed by atoms with Gasteiger partial charge in [-0.1, -0.05) is 30.1 Å². The first-order valence-corrected chi connectivity index (χ1v) is 9.21. The van der Waals surface area contributed by atoms with E-state index in [1.165, 1.54) is 28.8 Å². The van der Waals surface area contributed by atoms with Gasteiger partial charge in [0.25, 0.3) is 11.6 Å². The Morgan fingerprint density at radius 3 is 2.77 bits per heavy atom. The summed E-state index contributed by atoms with van der Waals surface area (Å²) in [5, 5.41) is 11.2. The lowest BCUT2D eigenvalue weighted by molar-refractivity contribution is -0.384. The maximum absolute atomic E-state index is 12.6. The second kappa shape index (κ2) is 7.98. The number of non-ortho nitro benzene ring substituents is 1. The number of thiocarbonyl (C=S) groups is 1. The number of carbonyl (C=O) groups excluding carboxylic acids is 1. The van der Waals surface area contributed by atoms with Gasteiger partial charge in [0.15, 0.2) is 0 Å². The molecule has 2 aliphatic rings. The van der Waals surface area contributed by atoms with E-state index in [2.05, 4.69) is 11.5 Å². The number of amides is 1. The van der Waals surface area contributed by atoms with Crippen molar-refractivity contribution >= 4 is 51.7 Å². The maximum Gasteiger partial charge on any atom is 0.270 e. The highest BCUT2D eigenvalue weighted by Gasteiger charge is 2.31. The Labute approximate surface area is 160 Å². The highest BCUT2D eigenvalue weighted by molar-refractivity contribution is 8.26. The summed E-state index contributed by atoms with van der Waals surface area (Å²) >= 11 is 6.44. The van der Waals surface area contributed by atoms with E-state index in [9.17, 15) is 14.9 Å². The zero-order valence-corrected chi connectivity index (χ0v) is 15.6. The van der Waals surface area contributed by atoms with E-state index in [0.717, 1.165) is 5.69 Å².